The quantitative estimate of drug-likeness (QED) is 0.675. The summed E-state index contributed by atoms with van der Waals surface area (Å²) in [7, 11) is 2.10. The molecule has 2 saturated heterocycles. The third-order valence-corrected chi connectivity index (χ3v) is 8.03. The number of amides is 1. The van der Waals surface area contributed by atoms with E-state index >= 15 is 0 Å². The Hall–Kier alpha value is -2.06. The molecule has 1 aromatic carbocycles. The number of rotatable bonds is 3. The second-order valence-electron chi connectivity index (χ2n) is 8.67. The highest BCUT2D eigenvalue weighted by Crippen LogP contribution is 2.44. The van der Waals surface area contributed by atoms with Crippen molar-refractivity contribution in [3.05, 3.63) is 56.9 Å². The number of morpholine rings is 1. The van der Waals surface area contributed by atoms with Gasteiger partial charge in [-0.15, -0.1) is 11.3 Å². The lowest BCUT2D eigenvalue weighted by Gasteiger charge is -2.39. The number of carbonyl (C=O) groups excluding carboxylic acids is 1. The number of carbonyl (C=O) groups is 1. The third kappa shape index (κ3) is 4.15. The molecule has 32 heavy (non-hydrogen) atoms. The SMILES string of the molecule is CC1c2sc(Cl)cc2C(N2CCOCC2)=CN1c1cccc(C(=O)N2CCN(C)CC2)c1. The van der Waals surface area contributed by atoms with Crippen molar-refractivity contribution in [1.82, 2.24) is 14.7 Å². The highest BCUT2D eigenvalue weighted by molar-refractivity contribution is 7.16. The largest absolute Gasteiger partial charge is 0.378 e. The van der Waals surface area contributed by atoms with Crippen LogP contribution in [0.4, 0.5) is 5.69 Å². The molecule has 1 aromatic heterocycles. The molecular weight excluding hydrogens is 444 g/mol. The monoisotopic (exact) mass is 472 g/mol. The van der Waals surface area contributed by atoms with Gasteiger partial charge in [0, 0.05) is 67.2 Å². The van der Waals surface area contributed by atoms with Crippen molar-refractivity contribution < 1.29 is 9.53 Å². The lowest BCUT2D eigenvalue weighted by molar-refractivity contribution is 0.0637. The number of hydrogen-bond donors (Lipinski definition) is 0. The molecule has 0 saturated carbocycles. The van der Waals surface area contributed by atoms with Crippen molar-refractivity contribution in [2.45, 2.75) is 13.0 Å². The van der Waals surface area contributed by atoms with Gasteiger partial charge in [0.05, 0.1) is 29.3 Å². The number of halogens is 1. The van der Waals surface area contributed by atoms with Gasteiger partial charge in [-0.3, -0.25) is 4.79 Å². The molecule has 4 heterocycles. The number of nitrogens with zero attached hydrogens (tertiary/aromatic N) is 4. The number of likely N-dealkylation sites (N-methyl/N-ethyl adjacent to an activating group) is 1. The minimum Gasteiger partial charge on any atom is -0.378 e. The average molecular weight is 473 g/mol. The fraction of sp³-hybridized carbons (Fsp3) is 0.458. The summed E-state index contributed by atoms with van der Waals surface area (Å²) in [6.07, 6.45) is 2.22. The van der Waals surface area contributed by atoms with E-state index in [9.17, 15) is 4.79 Å². The Kier molecular flexibility index (Phi) is 6.16. The number of thiophene rings is 1. The molecule has 1 amide bonds. The predicted molar refractivity (Wildman–Crippen MR) is 130 cm³/mol. The molecule has 8 heteroatoms. The molecule has 0 spiro atoms. The van der Waals surface area contributed by atoms with Gasteiger partial charge in [0.1, 0.15) is 0 Å². The summed E-state index contributed by atoms with van der Waals surface area (Å²) in [6, 6.07) is 10.3. The van der Waals surface area contributed by atoms with Crippen molar-refractivity contribution in [1.29, 1.82) is 0 Å². The first-order valence-corrected chi connectivity index (χ1v) is 12.4. The van der Waals surface area contributed by atoms with E-state index in [1.807, 2.05) is 23.1 Å². The highest BCUT2D eigenvalue weighted by atomic mass is 35.5. The van der Waals surface area contributed by atoms with Crippen molar-refractivity contribution in [3.63, 3.8) is 0 Å². The molecule has 6 nitrogen and oxygen atoms in total. The first kappa shape index (κ1) is 21.8. The zero-order chi connectivity index (χ0) is 22.2. The minimum absolute atomic E-state index is 0.113. The van der Waals surface area contributed by atoms with Gasteiger partial charge in [-0.1, -0.05) is 17.7 Å². The van der Waals surface area contributed by atoms with Crippen LogP contribution in [-0.4, -0.2) is 80.1 Å². The first-order valence-electron chi connectivity index (χ1n) is 11.2. The van der Waals surface area contributed by atoms with Crippen LogP contribution in [0.25, 0.3) is 5.70 Å². The molecule has 0 N–H and O–H groups in total. The summed E-state index contributed by atoms with van der Waals surface area (Å²) in [5.74, 6) is 0.113. The Morgan fingerprint density at radius 2 is 1.84 bits per heavy atom. The van der Waals surface area contributed by atoms with Gasteiger partial charge in [0.25, 0.3) is 5.91 Å². The van der Waals surface area contributed by atoms with Crippen LogP contribution in [0.3, 0.4) is 0 Å². The predicted octanol–water partition coefficient (Wildman–Crippen LogP) is 4.00. The second kappa shape index (κ2) is 9.06. The van der Waals surface area contributed by atoms with E-state index in [0.717, 1.165) is 68.1 Å². The van der Waals surface area contributed by atoms with Crippen LogP contribution >= 0.6 is 22.9 Å². The number of benzene rings is 1. The first-order chi connectivity index (χ1) is 15.5. The Morgan fingerprint density at radius 1 is 1.09 bits per heavy atom. The van der Waals surface area contributed by atoms with Gasteiger partial charge in [0.2, 0.25) is 0 Å². The third-order valence-electron chi connectivity index (χ3n) is 6.60. The maximum atomic E-state index is 13.2. The van der Waals surface area contributed by atoms with Gasteiger partial charge in [-0.25, -0.2) is 0 Å². The number of ether oxygens (including phenoxy) is 1. The fourth-order valence-corrected chi connectivity index (χ4v) is 5.97. The smallest absolute Gasteiger partial charge is 0.254 e. The molecule has 3 aliphatic rings. The van der Waals surface area contributed by atoms with Crippen LogP contribution in [0, 0.1) is 0 Å². The van der Waals surface area contributed by atoms with Gasteiger partial charge < -0.3 is 24.3 Å². The summed E-state index contributed by atoms with van der Waals surface area (Å²) in [5, 5.41) is 0. The van der Waals surface area contributed by atoms with Crippen molar-refractivity contribution in [3.8, 4) is 0 Å². The minimum atomic E-state index is 0.113. The molecule has 0 aliphatic carbocycles. The van der Waals surface area contributed by atoms with Crippen LogP contribution in [0.5, 0.6) is 0 Å². The van der Waals surface area contributed by atoms with Crippen molar-refractivity contribution in [2.75, 3.05) is 64.4 Å². The van der Waals surface area contributed by atoms with E-state index in [4.69, 9.17) is 16.3 Å². The van der Waals surface area contributed by atoms with E-state index < -0.39 is 0 Å². The van der Waals surface area contributed by atoms with Crippen molar-refractivity contribution in [2.24, 2.45) is 0 Å². The molecule has 3 aliphatic heterocycles. The highest BCUT2D eigenvalue weighted by Gasteiger charge is 2.31. The van der Waals surface area contributed by atoms with Crippen LogP contribution in [0.15, 0.2) is 36.5 Å². The van der Waals surface area contributed by atoms with E-state index in [1.54, 1.807) is 11.3 Å². The van der Waals surface area contributed by atoms with Gasteiger partial charge >= 0.3 is 0 Å². The summed E-state index contributed by atoms with van der Waals surface area (Å²) < 4.78 is 6.38. The van der Waals surface area contributed by atoms with E-state index in [0.29, 0.717) is 0 Å². The Bertz CT molecular complexity index is 1020. The second-order valence-corrected chi connectivity index (χ2v) is 10.4. The zero-order valence-electron chi connectivity index (χ0n) is 18.6. The maximum absolute atomic E-state index is 13.2. The molecule has 5 rings (SSSR count). The summed E-state index contributed by atoms with van der Waals surface area (Å²) in [6.45, 7) is 8.78. The molecule has 1 atom stereocenters. The zero-order valence-corrected chi connectivity index (χ0v) is 20.2. The number of anilines is 1. The fourth-order valence-electron chi connectivity index (χ4n) is 4.67. The van der Waals surface area contributed by atoms with E-state index in [2.05, 4.69) is 47.0 Å². The van der Waals surface area contributed by atoms with Gasteiger partial charge in [-0.05, 0) is 38.2 Å². The number of piperazine rings is 1. The van der Waals surface area contributed by atoms with Gasteiger partial charge in [-0.2, -0.15) is 0 Å². The Morgan fingerprint density at radius 3 is 2.59 bits per heavy atom. The lowest BCUT2D eigenvalue weighted by atomic mass is 10.0. The number of hydrogen-bond acceptors (Lipinski definition) is 6. The van der Waals surface area contributed by atoms with Crippen LogP contribution < -0.4 is 4.90 Å². The molecule has 1 unspecified atom stereocenters. The molecular formula is C24H29ClN4O2S. The average Bonchev–Trinajstić information content (AvgIpc) is 3.22. The molecule has 170 valence electrons. The van der Waals surface area contributed by atoms with E-state index in [-0.39, 0.29) is 11.9 Å². The lowest BCUT2D eigenvalue weighted by Crippen LogP contribution is -2.47. The van der Waals surface area contributed by atoms with Crippen LogP contribution in [0.1, 0.15) is 33.8 Å². The van der Waals surface area contributed by atoms with Gasteiger partial charge in [0.15, 0.2) is 0 Å². The normalized spacial score (nSPS) is 22.0. The Labute approximate surface area is 198 Å². The van der Waals surface area contributed by atoms with E-state index in [1.165, 1.54) is 16.1 Å². The molecule has 0 radical (unpaired) electrons. The van der Waals surface area contributed by atoms with Crippen molar-refractivity contribution >= 4 is 40.2 Å². The summed E-state index contributed by atoms with van der Waals surface area (Å²) in [4.78, 5) is 23.3. The standard InChI is InChI=1S/C24H29ClN4O2S/c1-17-23-20(15-22(25)32-23)21(27-10-12-31-13-11-27)16-29(17)19-5-3-4-18(14-19)24(30)28-8-6-26(2)7-9-28/h3-5,14-17H,6-13H2,1-2H3. The Balaban J connectivity index is 1.47. The summed E-state index contributed by atoms with van der Waals surface area (Å²) >= 11 is 8.10. The van der Waals surface area contributed by atoms with Crippen LogP contribution in [0.2, 0.25) is 4.34 Å². The summed E-state index contributed by atoms with van der Waals surface area (Å²) in [5.41, 5.74) is 4.17. The molecule has 0 bridgehead atoms. The van der Waals surface area contributed by atoms with Crippen LogP contribution in [-0.2, 0) is 4.74 Å². The maximum Gasteiger partial charge on any atom is 0.254 e. The topological polar surface area (TPSA) is 39.3 Å². The molecule has 2 fully saturated rings. The number of fused-ring (bicyclic) bond motifs is 1. The molecule has 2 aromatic rings.